The van der Waals surface area contributed by atoms with Crippen LogP contribution in [-0.4, -0.2) is 24.4 Å². The van der Waals surface area contributed by atoms with E-state index in [2.05, 4.69) is 30.4 Å². The Morgan fingerprint density at radius 1 is 1.43 bits per heavy atom. The van der Waals surface area contributed by atoms with E-state index >= 15 is 0 Å². The van der Waals surface area contributed by atoms with E-state index in [0.717, 1.165) is 13.2 Å². The second kappa shape index (κ2) is 7.01. The lowest BCUT2D eigenvalue weighted by molar-refractivity contribution is -0.275. The zero-order valence-electron chi connectivity index (χ0n) is 10.5. The number of alkyl halides is 6. The predicted octanol–water partition coefficient (Wildman–Crippen LogP) is 3.53. The molecule has 0 aliphatic carbocycles. The molecule has 1 aromatic heterocycles. The molecule has 1 rings (SSSR count). The molecular weight excluding hydrogens is 369 g/mol. The molecule has 0 N–H and O–H groups in total. The van der Waals surface area contributed by atoms with Crippen molar-refractivity contribution >= 4 is 21.9 Å². The Kier molecular flexibility index (Phi) is 5.87. The third-order valence-electron chi connectivity index (χ3n) is 2.30. The Morgan fingerprint density at radius 3 is 2.48 bits per heavy atom. The number of halogens is 6. The van der Waals surface area contributed by atoms with Gasteiger partial charge in [0, 0.05) is 5.33 Å². The van der Waals surface area contributed by atoms with Crippen molar-refractivity contribution in [2.24, 2.45) is 0 Å². The minimum Gasteiger partial charge on any atom is -0.469 e. The minimum absolute atomic E-state index is 0.226. The molecule has 0 bridgehead atoms. The molecule has 0 aliphatic rings. The van der Waals surface area contributed by atoms with Crippen molar-refractivity contribution in [1.82, 2.24) is 4.98 Å². The highest BCUT2D eigenvalue weighted by molar-refractivity contribution is 9.08. The molecule has 0 unspecified atom stereocenters. The lowest BCUT2D eigenvalue weighted by atomic mass is 10.1. The monoisotopic (exact) mass is 377 g/mol. The van der Waals surface area contributed by atoms with E-state index in [9.17, 15) is 26.7 Å². The first-order chi connectivity index (χ1) is 9.67. The predicted molar refractivity (Wildman–Crippen MR) is 64.2 cm³/mol. The number of aromatic nitrogens is 1. The molecule has 0 atom stereocenters. The molecule has 1 heterocycles. The molecule has 0 aliphatic heterocycles. The number of methoxy groups -OCH3 is 1. The highest BCUT2D eigenvalue weighted by atomic mass is 79.9. The van der Waals surface area contributed by atoms with E-state index in [-0.39, 0.29) is 16.6 Å². The summed E-state index contributed by atoms with van der Waals surface area (Å²) in [5.74, 6) is -1.63. The number of pyridine rings is 1. The van der Waals surface area contributed by atoms with Crippen LogP contribution in [0, 0.1) is 0 Å². The Morgan fingerprint density at radius 2 is 2.05 bits per heavy atom. The van der Waals surface area contributed by atoms with Gasteiger partial charge in [-0.25, -0.2) is 13.8 Å². The second-order valence-electron chi connectivity index (χ2n) is 3.71. The molecule has 0 aromatic carbocycles. The number of carbonyl (C=O) groups excluding carboxylic acids is 1. The van der Waals surface area contributed by atoms with Gasteiger partial charge in [0.05, 0.1) is 19.2 Å². The third-order valence-corrected chi connectivity index (χ3v) is 2.83. The van der Waals surface area contributed by atoms with Crippen LogP contribution in [0.1, 0.15) is 23.4 Å². The second-order valence-corrected chi connectivity index (χ2v) is 4.27. The topological polar surface area (TPSA) is 48.4 Å². The summed E-state index contributed by atoms with van der Waals surface area (Å²) in [5.41, 5.74) is -1.53. The minimum atomic E-state index is -5.01. The van der Waals surface area contributed by atoms with Crippen molar-refractivity contribution in [3.63, 3.8) is 0 Å². The summed E-state index contributed by atoms with van der Waals surface area (Å²) < 4.78 is 70.6. The van der Waals surface area contributed by atoms with Crippen LogP contribution >= 0.6 is 15.9 Å². The van der Waals surface area contributed by atoms with Crippen molar-refractivity contribution in [1.29, 1.82) is 0 Å². The van der Waals surface area contributed by atoms with Gasteiger partial charge in [-0.1, -0.05) is 15.9 Å². The van der Waals surface area contributed by atoms with Gasteiger partial charge in [-0.05, 0) is 11.6 Å². The van der Waals surface area contributed by atoms with E-state index in [4.69, 9.17) is 0 Å². The normalized spacial score (nSPS) is 11.6. The van der Waals surface area contributed by atoms with Crippen molar-refractivity contribution in [2.75, 3.05) is 7.11 Å². The fourth-order valence-electron chi connectivity index (χ4n) is 1.45. The maximum atomic E-state index is 12.9. The molecule has 1 aromatic rings. The van der Waals surface area contributed by atoms with Crippen molar-refractivity contribution in [2.45, 2.75) is 24.5 Å². The first-order valence-electron chi connectivity index (χ1n) is 5.37. The fraction of sp³-hybridized carbons (Fsp3) is 0.455. The molecule has 0 spiro atoms. The molecule has 10 heteroatoms. The third kappa shape index (κ3) is 5.10. The molecule has 0 amide bonds. The highest BCUT2D eigenvalue weighted by Gasteiger charge is 2.33. The first-order valence-corrected chi connectivity index (χ1v) is 6.49. The Hall–Kier alpha value is -1.45. The quantitative estimate of drug-likeness (QED) is 0.447. The lowest BCUT2D eigenvalue weighted by Crippen LogP contribution is -2.19. The summed E-state index contributed by atoms with van der Waals surface area (Å²) in [5, 5.41) is -0.226. The Labute approximate surface area is 124 Å². The summed E-state index contributed by atoms with van der Waals surface area (Å²) in [7, 11) is 1.03. The van der Waals surface area contributed by atoms with Crippen LogP contribution in [0.3, 0.4) is 0 Å². The smallest absolute Gasteiger partial charge is 0.469 e. The number of hydrogen-bond donors (Lipinski definition) is 0. The van der Waals surface area contributed by atoms with E-state index in [1.807, 2.05) is 0 Å². The summed E-state index contributed by atoms with van der Waals surface area (Å²) in [6.07, 6.45) is -8.70. The largest absolute Gasteiger partial charge is 0.573 e. The van der Waals surface area contributed by atoms with Gasteiger partial charge in [-0.2, -0.15) is 0 Å². The van der Waals surface area contributed by atoms with Crippen LogP contribution in [0.4, 0.5) is 22.0 Å². The zero-order valence-corrected chi connectivity index (χ0v) is 12.1. The SMILES string of the molecule is COC(=O)Cc1cc(OC(F)(F)F)c(CBr)nc1C(F)F. The van der Waals surface area contributed by atoms with Crippen molar-refractivity contribution < 1.29 is 36.2 Å². The van der Waals surface area contributed by atoms with Crippen LogP contribution in [0.5, 0.6) is 5.75 Å². The number of rotatable bonds is 5. The number of nitrogens with zero attached hydrogens (tertiary/aromatic N) is 1. The van der Waals surface area contributed by atoms with Gasteiger partial charge >= 0.3 is 12.3 Å². The van der Waals surface area contributed by atoms with Crippen molar-refractivity contribution in [3.8, 4) is 5.75 Å². The Bertz CT molecular complexity index is 521. The average molecular weight is 378 g/mol. The van der Waals surface area contributed by atoms with Gasteiger partial charge < -0.3 is 9.47 Å². The number of ether oxygens (including phenoxy) is 2. The summed E-state index contributed by atoms with van der Waals surface area (Å²) >= 11 is 2.84. The van der Waals surface area contributed by atoms with Gasteiger partial charge in [0.25, 0.3) is 6.43 Å². The molecular formula is C11H9BrF5NO3. The van der Waals surface area contributed by atoms with E-state index in [1.165, 1.54) is 0 Å². The van der Waals surface area contributed by atoms with Gasteiger partial charge in [-0.3, -0.25) is 4.79 Å². The first kappa shape index (κ1) is 17.6. The molecule has 0 radical (unpaired) electrons. The molecule has 0 saturated carbocycles. The molecule has 0 fully saturated rings. The average Bonchev–Trinajstić information content (AvgIpc) is 2.36. The fourth-order valence-corrected chi connectivity index (χ4v) is 1.86. The van der Waals surface area contributed by atoms with Crippen LogP contribution in [-0.2, 0) is 21.3 Å². The van der Waals surface area contributed by atoms with E-state index in [0.29, 0.717) is 0 Å². The van der Waals surface area contributed by atoms with Gasteiger partial charge in [0.15, 0.2) is 5.75 Å². The number of hydrogen-bond acceptors (Lipinski definition) is 4. The van der Waals surface area contributed by atoms with Crippen LogP contribution < -0.4 is 4.74 Å². The lowest BCUT2D eigenvalue weighted by Gasteiger charge is -2.15. The molecule has 4 nitrogen and oxygen atoms in total. The van der Waals surface area contributed by atoms with Crippen LogP contribution in [0.2, 0.25) is 0 Å². The zero-order chi connectivity index (χ0) is 16.2. The maximum absolute atomic E-state index is 12.9. The van der Waals surface area contributed by atoms with Gasteiger partial charge in [0.2, 0.25) is 0 Å². The van der Waals surface area contributed by atoms with Crippen molar-refractivity contribution in [3.05, 3.63) is 23.0 Å². The van der Waals surface area contributed by atoms with E-state index in [1.54, 1.807) is 0 Å². The van der Waals surface area contributed by atoms with Gasteiger partial charge in [0.1, 0.15) is 5.69 Å². The maximum Gasteiger partial charge on any atom is 0.573 e. The van der Waals surface area contributed by atoms with Gasteiger partial charge in [-0.15, -0.1) is 13.2 Å². The number of esters is 1. The van der Waals surface area contributed by atoms with E-state index < -0.39 is 36.6 Å². The summed E-state index contributed by atoms with van der Waals surface area (Å²) in [4.78, 5) is 14.6. The molecule has 0 saturated heterocycles. The number of carbonyl (C=O) groups is 1. The molecule has 21 heavy (non-hydrogen) atoms. The summed E-state index contributed by atoms with van der Waals surface area (Å²) in [6, 6.07) is 0.718. The standard InChI is InChI=1S/C11H9BrF5NO3/c1-20-8(19)3-5-2-7(21-11(15,16)17)6(4-12)18-9(5)10(13)14/h2,10H,3-4H2,1H3. The van der Waals surface area contributed by atoms with Crippen LogP contribution in [0.25, 0.3) is 0 Å². The molecule has 118 valence electrons. The summed E-state index contributed by atoms with van der Waals surface area (Å²) in [6.45, 7) is 0. The highest BCUT2D eigenvalue weighted by Crippen LogP contribution is 2.32. The Balaban J connectivity index is 3.31. The van der Waals surface area contributed by atoms with Crippen LogP contribution in [0.15, 0.2) is 6.07 Å².